The first-order chi connectivity index (χ1) is 7.11. The van der Waals surface area contributed by atoms with Crippen molar-refractivity contribution < 1.29 is 4.79 Å². The zero-order valence-electron chi connectivity index (χ0n) is 10.2. The van der Waals surface area contributed by atoms with Crippen molar-refractivity contribution in [2.75, 3.05) is 0 Å². The van der Waals surface area contributed by atoms with Gasteiger partial charge >= 0.3 is 0 Å². The highest BCUT2D eigenvalue weighted by Gasteiger charge is 2.21. The molecule has 2 heteroatoms. The Kier molecular flexibility index (Phi) is 5.30. The molecule has 0 aromatic heterocycles. The summed E-state index contributed by atoms with van der Waals surface area (Å²) in [6, 6.07) is -0.215. The standard InChI is InChI=1S/C13H25NO/c1-10(2)13(15)12(14)9-11-7-5-3-4-6-8-11/h10-12H,3-9,14H2,1-2H3. The summed E-state index contributed by atoms with van der Waals surface area (Å²) < 4.78 is 0. The molecule has 88 valence electrons. The van der Waals surface area contributed by atoms with Gasteiger partial charge in [-0.05, 0) is 12.3 Å². The van der Waals surface area contributed by atoms with Crippen molar-refractivity contribution >= 4 is 5.78 Å². The lowest BCUT2D eigenvalue weighted by molar-refractivity contribution is -0.123. The van der Waals surface area contributed by atoms with Gasteiger partial charge in [0.05, 0.1) is 6.04 Å². The van der Waals surface area contributed by atoms with E-state index in [0.717, 1.165) is 6.42 Å². The number of Topliss-reactive ketones (excluding diaryl/α,β-unsaturated/α-hetero) is 1. The van der Waals surface area contributed by atoms with E-state index < -0.39 is 0 Å². The van der Waals surface area contributed by atoms with E-state index in [4.69, 9.17) is 5.73 Å². The van der Waals surface area contributed by atoms with Crippen molar-refractivity contribution in [3.63, 3.8) is 0 Å². The molecular weight excluding hydrogens is 186 g/mol. The third-order valence-electron chi connectivity index (χ3n) is 3.50. The molecule has 0 aromatic carbocycles. The fourth-order valence-electron chi connectivity index (χ4n) is 2.50. The summed E-state index contributed by atoms with van der Waals surface area (Å²) in [5.74, 6) is 1.02. The molecule has 1 saturated carbocycles. The average Bonchev–Trinajstić information content (AvgIpc) is 2.45. The highest BCUT2D eigenvalue weighted by molar-refractivity contribution is 5.85. The van der Waals surface area contributed by atoms with E-state index in [1.165, 1.54) is 38.5 Å². The second-order valence-corrected chi connectivity index (χ2v) is 5.26. The SMILES string of the molecule is CC(C)C(=O)C(N)CC1CCCCCC1. The number of rotatable bonds is 4. The van der Waals surface area contributed by atoms with Crippen LogP contribution >= 0.6 is 0 Å². The molecule has 15 heavy (non-hydrogen) atoms. The van der Waals surface area contributed by atoms with Crippen LogP contribution in [-0.2, 0) is 4.79 Å². The Bertz CT molecular complexity index is 193. The Hall–Kier alpha value is -0.370. The topological polar surface area (TPSA) is 43.1 Å². The predicted molar refractivity (Wildman–Crippen MR) is 63.6 cm³/mol. The van der Waals surface area contributed by atoms with Gasteiger partial charge in [0, 0.05) is 5.92 Å². The van der Waals surface area contributed by atoms with Crippen molar-refractivity contribution in [3.05, 3.63) is 0 Å². The predicted octanol–water partition coefficient (Wildman–Crippen LogP) is 2.90. The summed E-state index contributed by atoms with van der Waals surface area (Å²) in [6.45, 7) is 3.88. The molecule has 0 amide bonds. The third-order valence-corrected chi connectivity index (χ3v) is 3.50. The summed E-state index contributed by atoms with van der Waals surface area (Å²) >= 11 is 0. The van der Waals surface area contributed by atoms with E-state index in [9.17, 15) is 4.79 Å². The van der Waals surface area contributed by atoms with Gasteiger partial charge in [0.1, 0.15) is 0 Å². The van der Waals surface area contributed by atoms with E-state index in [1.807, 2.05) is 13.8 Å². The summed E-state index contributed by atoms with van der Waals surface area (Å²) in [6.07, 6.45) is 8.85. The van der Waals surface area contributed by atoms with Gasteiger partial charge in [-0.25, -0.2) is 0 Å². The zero-order valence-corrected chi connectivity index (χ0v) is 10.2. The first-order valence-electron chi connectivity index (χ1n) is 6.40. The van der Waals surface area contributed by atoms with Crippen molar-refractivity contribution in [3.8, 4) is 0 Å². The van der Waals surface area contributed by atoms with Gasteiger partial charge < -0.3 is 5.73 Å². The summed E-state index contributed by atoms with van der Waals surface area (Å²) in [5, 5.41) is 0. The number of hydrogen-bond donors (Lipinski definition) is 1. The van der Waals surface area contributed by atoms with Crippen LogP contribution in [0.1, 0.15) is 58.8 Å². The van der Waals surface area contributed by atoms with Gasteiger partial charge in [-0.1, -0.05) is 52.4 Å². The molecule has 1 atom stereocenters. The largest absolute Gasteiger partial charge is 0.321 e. The third kappa shape index (κ3) is 4.33. The molecule has 1 fully saturated rings. The summed E-state index contributed by atoms with van der Waals surface area (Å²) in [7, 11) is 0. The van der Waals surface area contributed by atoms with E-state index in [-0.39, 0.29) is 17.7 Å². The Morgan fingerprint density at radius 3 is 2.20 bits per heavy atom. The fraction of sp³-hybridized carbons (Fsp3) is 0.923. The lowest BCUT2D eigenvalue weighted by Crippen LogP contribution is -2.35. The molecule has 0 heterocycles. The van der Waals surface area contributed by atoms with Gasteiger partial charge in [-0.3, -0.25) is 4.79 Å². The molecule has 1 rings (SSSR count). The molecule has 1 aliphatic carbocycles. The Morgan fingerprint density at radius 2 is 1.73 bits per heavy atom. The van der Waals surface area contributed by atoms with Crippen LogP contribution in [0.25, 0.3) is 0 Å². The van der Waals surface area contributed by atoms with E-state index in [1.54, 1.807) is 0 Å². The van der Waals surface area contributed by atoms with Crippen molar-refractivity contribution in [2.24, 2.45) is 17.6 Å². The molecule has 2 N–H and O–H groups in total. The quantitative estimate of drug-likeness (QED) is 0.727. The van der Waals surface area contributed by atoms with Crippen LogP contribution < -0.4 is 5.73 Å². The lowest BCUT2D eigenvalue weighted by atomic mass is 9.89. The van der Waals surface area contributed by atoms with Crippen LogP contribution in [0.3, 0.4) is 0 Å². The Morgan fingerprint density at radius 1 is 1.20 bits per heavy atom. The first-order valence-corrected chi connectivity index (χ1v) is 6.40. The first kappa shape index (κ1) is 12.7. The lowest BCUT2D eigenvalue weighted by Gasteiger charge is -2.19. The number of hydrogen-bond acceptors (Lipinski definition) is 2. The maximum atomic E-state index is 11.7. The van der Waals surface area contributed by atoms with Crippen LogP contribution in [0.2, 0.25) is 0 Å². The molecule has 1 aliphatic rings. The molecule has 0 aromatic rings. The second kappa shape index (κ2) is 6.26. The van der Waals surface area contributed by atoms with Crippen LogP contribution in [0, 0.1) is 11.8 Å². The minimum absolute atomic E-state index is 0.0887. The zero-order chi connectivity index (χ0) is 11.3. The van der Waals surface area contributed by atoms with Crippen LogP contribution in [0.15, 0.2) is 0 Å². The summed E-state index contributed by atoms with van der Waals surface area (Å²) in [5.41, 5.74) is 5.95. The van der Waals surface area contributed by atoms with Crippen LogP contribution in [0.4, 0.5) is 0 Å². The number of ketones is 1. The molecule has 0 radical (unpaired) electrons. The maximum absolute atomic E-state index is 11.7. The monoisotopic (exact) mass is 211 g/mol. The molecule has 0 aliphatic heterocycles. The normalized spacial score (nSPS) is 21.3. The molecular formula is C13H25NO. The Balaban J connectivity index is 2.35. The number of carbonyl (C=O) groups excluding carboxylic acids is 1. The number of nitrogens with two attached hydrogens (primary N) is 1. The van der Waals surface area contributed by atoms with Gasteiger partial charge in [0.2, 0.25) is 0 Å². The van der Waals surface area contributed by atoms with Crippen molar-refractivity contribution in [1.82, 2.24) is 0 Å². The van der Waals surface area contributed by atoms with Gasteiger partial charge in [0.25, 0.3) is 0 Å². The van der Waals surface area contributed by atoms with Gasteiger partial charge in [0.15, 0.2) is 5.78 Å². The second-order valence-electron chi connectivity index (χ2n) is 5.26. The van der Waals surface area contributed by atoms with E-state index in [0.29, 0.717) is 5.92 Å². The summed E-state index contributed by atoms with van der Waals surface area (Å²) in [4.78, 5) is 11.7. The molecule has 0 spiro atoms. The molecule has 0 saturated heterocycles. The highest BCUT2D eigenvalue weighted by atomic mass is 16.1. The van der Waals surface area contributed by atoms with Crippen LogP contribution in [0.5, 0.6) is 0 Å². The van der Waals surface area contributed by atoms with Crippen LogP contribution in [-0.4, -0.2) is 11.8 Å². The maximum Gasteiger partial charge on any atom is 0.152 e. The van der Waals surface area contributed by atoms with Crippen molar-refractivity contribution in [1.29, 1.82) is 0 Å². The number of carbonyl (C=O) groups is 1. The average molecular weight is 211 g/mol. The van der Waals surface area contributed by atoms with Gasteiger partial charge in [-0.15, -0.1) is 0 Å². The molecule has 0 bridgehead atoms. The highest BCUT2D eigenvalue weighted by Crippen LogP contribution is 2.26. The molecule has 1 unspecified atom stereocenters. The van der Waals surface area contributed by atoms with Gasteiger partial charge in [-0.2, -0.15) is 0 Å². The minimum Gasteiger partial charge on any atom is -0.321 e. The van der Waals surface area contributed by atoms with E-state index in [2.05, 4.69) is 0 Å². The fourth-order valence-corrected chi connectivity index (χ4v) is 2.50. The smallest absolute Gasteiger partial charge is 0.152 e. The van der Waals surface area contributed by atoms with E-state index >= 15 is 0 Å². The molecule has 2 nitrogen and oxygen atoms in total. The minimum atomic E-state index is -0.215. The van der Waals surface area contributed by atoms with Crippen molar-refractivity contribution in [2.45, 2.75) is 64.8 Å². The Labute approximate surface area is 93.6 Å².